The summed E-state index contributed by atoms with van der Waals surface area (Å²) in [5, 5.41) is 2.75. The molecule has 1 atom stereocenters. The first-order valence-electron chi connectivity index (χ1n) is 10.3. The minimum Gasteiger partial charge on any atom is -0.371 e. The highest BCUT2D eigenvalue weighted by molar-refractivity contribution is 7.89. The molecular formula is C22H29N3O4S. The van der Waals surface area contributed by atoms with Gasteiger partial charge in [0.2, 0.25) is 15.9 Å². The molecule has 1 aliphatic rings. The van der Waals surface area contributed by atoms with Crippen molar-refractivity contribution >= 4 is 21.6 Å². The number of ether oxygens (including phenoxy) is 1. The fraction of sp³-hybridized carbons (Fsp3) is 0.409. The summed E-state index contributed by atoms with van der Waals surface area (Å²) in [6, 6.07) is 16.3. The number of carbonyl (C=O) groups is 1. The Morgan fingerprint density at radius 2 is 1.87 bits per heavy atom. The van der Waals surface area contributed by atoms with Crippen LogP contribution >= 0.6 is 0 Å². The van der Waals surface area contributed by atoms with Crippen molar-refractivity contribution in [2.75, 3.05) is 38.1 Å². The first-order chi connectivity index (χ1) is 14.5. The largest absolute Gasteiger partial charge is 0.371 e. The van der Waals surface area contributed by atoms with Gasteiger partial charge in [0.15, 0.2) is 0 Å². The molecule has 2 aromatic rings. The summed E-state index contributed by atoms with van der Waals surface area (Å²) < 4.78 is 33.6. The Labute approximate surface area is 178 Å². The van der Waals surface area contributed by atoms with Gasteiger partial charge in [0.25, 0.3) is 0 Å². The summed E-state index contributed by atoms with van der Waals surface area (Å²) in [4.78, 5) is 14.0. The van der Waals surface area contributed by atoms with Crippen LogP contribution in [0.2, 0.25) is 0 Å². The van der Waals surface area contributed by atoms with E-state index in [9.17, 15) is 13.2 Å². The number of amides is 1. The van der Waals surface area contributed by atoms with E-state index in [1.54, 1.807) is 12.1 Å². The Kier molecular flexibility index (Phi) is 7.98. The summed E-state index contributed by atoms with van der Waals surface area (Å²) in [6.45, 7) is 4.99. The number of sulfonamides is 1. The minimum absolute atomic E-state index is 0.00650. The van der Waals surface area contributed by atoms with Gasteiger partial charge in [0.1, 0.15) is 0 Å². The van der Waals surface area contributed by atoms with Crippen LogP contribution in [0.5, 0.6) is 0 Å². The lowest BCUT2D eigenvalue weighted by molar-refractivity contribution is -0.116. The van der Waals surface area contributed by atoms with Crippen LogP contribution in [0.3, 0.4) is 0 Å². The zero-order valence-corrected chi connectivity index (χ0v) is 18.0. The van der Waals surface area contributed by atoms with Gasteiger partial charge in [-0.05, 0) is 36.2 Å². The number of benzene rings is 2. The number of hydrogen-bond donors (Lipinski definition) is 2. The smallest absolute Gasteiger partial charge is 0.240 e. The average Bonchev–Trinajstić information content (AvgIpc) is 2.75. The van der Waals surface area contributed by atoms with E-state index in [1.807, 2.05) is 37.3 Å². The number of hydrogen-bond acceptors (Lipinski definition) is 5. The van der Waals surface area contributed by atoms with Gasteiger partial charge < -0.3 is 10.1 Å². The second-order valence-electron chi connectivity index (χ2n) is 7.29. The van der Waals surface area contributed by atoms with Crippen LogP contribution in [0.1, 0.15) is 31.4 Å². The van der Waals surface area contributed by atoms with E-state index < -0.39 is 10.0 Å². The molecule has 0 radical (unpaired) electrons. The van der Waals surface area contributed by atoms with Crippen molar-refractivity contribution in [1.82, 2.24) is 9.62 Å². The number of morpholine rings is 1. The highest BCUT2D eigenvalue weighted by Crippen LogP contribution is 2.21. The number of anilines is 1. The Balaban J connectivity index is 1.49. The van der Waals surface area contributed by atoms with E-state index in [0.29, 0.717) is 31.8 Å². The van der Waals surface area contributed by atoms with Crippen molar-refractivity contribution in [3.8, 4) is 0 Å². The van der Waals surface area contributed by atoms with E-state index in [4.69, 9.17) is 4.74 Å². The van der Waals surface area contributed by atoms with Crippen LogP contribution in [0.25, 0.3) is 0 Å². The minimum atomic E-state index is -3.60. The number of rotatable bonds is 9. The molecule has 0 saturated carbocycles. The Morgan fingerprint density at radius 3 is 2.57 bits per heavy atom. The third-order valence-electron chi connectivity index (χ3n) is 4.97. The predicted molar refractivity (Wildman–Crippen MR) is 117 cm³/mol. The third kappa shape index (κ3) is 6.37. The first-order valence-corrected chi connectivity index (χ1v) is 11.7. The lowest BCUT2D eigenvalue weighted by Crippen LogP contribution is -2.42. The molecule has 0 unspecified atom stereocenters. The van der Waals surface area contributed by atoms with Crippen LogP contribution in [0, 0.1) is 0 Å². The van der Waals surface area contributed by atoms with Gasteiger partial charge in [-0.15, -0.1) is 0 Å². The molecule has 0 bridgehead atoms. The van der Waals surface area contributed by atoms with Gasteiger partial charge in [-0.2, -0.15) is 0 Å². The van der Waals surface area contributed by atoms with Crippen LogP contribution in [0.4, 0.5) is 5.69 Å². The fourth-order valence-electron chi connectivity index (χ4n) is 3.36. The number of nitrogens with one attached hydrogen (secondary N) is 2. The maximum Gasteiger partial charge on any atom is 0.240 e. The van der Waals surface area contributed by atoms with Crippen LogP contribution in [-0.2, 0) is 19.6 Å². The number of carbonyl (C=O) groups excluding carboxylic acids is 1. The van der Waals surface area contributed by atoms with Gasteiger partial charge >= 0.3 is 0 Å². The molecule has 1 fully saturated rings. The van der Waals surface area contributed by atoms with Crippen LogP contribution < -0.4 is 10.0 Å². The molecule has 0 aromatic heterocycles. The predicted octanol–water partition coefficient (Wildman–Crippen LogP) is 2.78. The molecule has 8 heteroatoms. The van der Waals surface area contributed by atoms with Crippen LogP contribution in [0.15, 0.2) is 59.5 Å². The second-order valence-corrected chi connectivity index (χ2v) is 9.06. The molecule has 3 rings (SSSR count). The maximum absolute atomic E-state index is 12.6. The van der Waals surface area contributed by atoms with Crippen molar-refractivity contribution < 1.29 is 17.9 Å². The Morgan fingerprint density at radius 1 is 1.13 bits per heavy atom. The normalized spacial score (nSPS) is 17.6. The molecule has 1 amide bonds. The quantitative estimate of drug-likeness (QED) is 0.638. The van der Waals surface area contributed by atoms with Crippen molar-refractivity contribution in [3.05, 3.63) is 60.2 Å². The van der Waals surface area contributed by atoms with Gasteiger partial charge in [-0.25, -0.2) is 13.1 Å². The summed E-state index contributed by atoms with van der Waals surface area (Å²) >= 11 is 0. The molecule has 2 aromatic carbocycles. The number of nitrogens with zero attached hydrogens (tertiary/aromatic N) is 1. The van der Waals surface area contributed by atoms with Gasteiger partial charge in [0, 0.05) is 38.3 Å². The molecule has 1 aliphatic heterocycles. The third-order valence-corrected chi connectivity index (χ3v) is 6.44. The zero-order chi connectivity index (χ0) is 21.4. The monoisotopic (exact) mass is 431 g/mol. The highest BCUT2D eigenvalue weighted by atomic mass is 32.2. The maximum atomic E-state index is 12.6. The van der Waals surface area contributed by atoms with E-state index in [1.165, 1.54) is 12.1 Å². The summed E-state index contributed by atoms with van der Waals surface area (Å²) in [7, 11) is -3.60. The van der Waals surface area contributed by atoms with Crippen molar-refractivity contribution in [2.24, 2.45) is 0 Å². The molecule has 2 N–H and O–H groups in total. The van der Waals surface area contributed by atoms with E-state index in [2.05, 4.69) is 14.9 Å². The summed E-state index contributed by atoms with van der Waals surface area (Å²) in [6.07, 6.45) is 1.21. The summed E-state index contributed by atoms with van der Waals surface area (Å²) in [5.41, 5.74) is 1.72. The second kappa shape index (κ2) is 10.7. The van der Waals surface area contributed by atoms with Crippen LogP contribution in [-0.4, -0.2) is 52.0 Å². The summed E-state index contributed by atoms with van der Waals surface area (Å²) in [5.74, 6) is -0.0782. The molecule has 7 nitrogen and oxygen atoms in total. The van der Waals surface area contributed by atoms with E-state index >= 15 is 0 Å². The van der Waals surface area contributed by atoms with E-state index in [0.717, 1.165) is 25.1 Å². The fourth-order valence-corrected chi connectivity index (χ4v) is 4.39. The Bertz CT molecular complexity index is 917. The topological polar surface area (TPSA) is 87.7 Å². The standard InChI is InChI=1S/C22H29N3O4S/c1-2-6-22(26)24-19-9-11-20(12-10-19)30(27,28)23-13-14-25-15-16-29-21(17-25)18-7-4-3-5-8-18/h3-5,7-12,21,23H,2,6,13-17H2,1H3,(H,24,26)/t21-/m0/s1. The van der Waals surface area contributed by atoms with Gasteiger partial charge in [0.05, 0.1) is 17.6 Å². The molecular weight excluding hydrogens is 402 g/mol. The highest BCUT2D eigenvalue weighted by Gasteiger charge is 2.22. The SMILES string of the molecule is CCCC(=O)Nc1ccc(S(=O)(=O)NCCN2CCO[C@H](c3ccccc3)C2)cc1. The average molecular weight is 432 g/mol. The molecule has 0 aliphatic carbocycles. The molecule has 1 heterocycles. The van der Waals surface area contributed by atoms with Crippen molar-refractivity contribution in [1.29, 1.82) is 0 Å². The molecule has 1 saturated heterocycles. The van der Waals surface area contributed by atoms with Crippen molar-refractivity contribution in [2.45, 2.75) is 30.8 Å². The van der Waals surface area contributed by atoms with Crippen molar-refractivity contribution in [3.63, 3.8) is 0 Å². The van der Waals surface area contributed by atoms with Gasteiger partial charge in [-0.1, -0.05) is 37.3 Å². The molecule has 30 heavy (non-hydrogen) atoms. The Hall–Kier alpha value is -2.26. The molecule has 162 valence electrons. The first kappa shape index (κ1) is 22.4. The van der Waals surface area contributed by atoms with E-state index in [-0.39, 0.29) is 16.9 Å². The molecule has 0 spiro atoms. The lowest BCUT2D eigenvalue weighted by Gasteiger charge is -2.33. The van der Waals surface area contributed by atoms with Gasteiger partial charge in [-0.3, -0.25) is 9.69 Å². The lowest BCUT2D eigenvalue weighted by atomic mass is 10.1. The zero-order valence-electron chi connectivity index (χ0n) is 17.2.